The molecule has 0 bridgehead atoms. The summed E-state index contributed by atoms with van der Waals surface area (Å²) < 4.78 is 3.34. The van der Waals surface area contributed by atoms with E-state index in [4.69, 9.17) is 12.2 Å². The molecule has 0 aliphatic rings. The molecule has 0 nitrogen and oxygen atoms in total. The predicted octanol–water partition coefficient (Wildman–Crippen LogP) is 0.127. The molecule has 0 aliphatic carbocycles. The van der Waals surface area contributed by atoms with Crippen LogP contribution in [-0.4, -0.2) is 32.0 Å². The van der Waals surface area contributed by atoms with E-state index in [0.717, 1.165) is 3.14 Å². The summed E-state index contributed by atoms with van der Waals surface area (Å²) in [7, 11) is 0. The van der Waals surface area contributed by atoms with Crippen molar-refractivity contribution in [2.75, 3.05) is 0 Å². The van der Waals surface area contributed by atoms with E-state index in [9.17, 15) is 0 Å². The third kappa shape index (κ3) is 1.64. The Morgan fingerprint density at radius 3 is 1.62 bits per heavy atom. The van der Waals surface area contributed by atoms with Gasteiger partial charge in [0.25, 0.3) is 0 Å². The van der Waals surface area contributed by atoms with Crippen LogP contribution in [0.4, 0.5) is 0 Å². The van der Waals surface area contributed by atoms with E-state index >= 15 is 0 Å². The summed E-state index contributed by atoms with van der Waals surface area (Å²) in [6.07, 6.45) is 0. The van der Waals surface area contributed by atoms with Crippen LogP contribution in [0.5, 0.6) is 0 Å². The monoisotopic (exact) mass is 292 g/mol. The van der Waals surface area contributed by atoms with Crippen molar-refractivity contribution in [3.63, 3.8) is 0 Å². The van der Waals surface area contributed by atoms with Crippen molar-refractivity contribution < 1.29 is 0 Å². The second-order valence-electron chi connectivity index (χ2n) is 1.03. The Bertz CT molecular complexity index is 212. The Labute approximate surface area is 77.0 Å². The summed E-state index contributed by atoms with van der Waals surface area (Å²) in [6.45, 7) is 0. The summed E-state index contributed by atoms with van der Waals surface area (Å²) in [6, 6.07) is 0. The standard InChI is InChI=1S/C3H2S3Se2/c4-3-5-1(7)2(8)6-3/h7-8H/p-2. The maximum absolute atomic E-state index is 4.92. The molecule has 5 heteroatoms. The first-order valence-electron chi connectivity index (χ1n) is 1.68. The molecular formula is C3S3Se2-2. The zero-order valence-corrected chi connectivity index (χ0v) is 9.42. The molecule has 0 radical (unpaired) electrons. The molecule has 1 heterocycles. The average Bonchev–Trinajstić information content (AvgIpc) is 1.85. The summed E-state index contributed by atoms with van der Waals surface area (Å²) in [5.41, 5.74) is 0. The van der Waals surface area contributed by atoms with E-state index in [1.165, 1.54) is 7.55 Å². The van der Waals surface area contributed by atoms with Gasteiger partial charge in [-0.1, -0.05) is 0 Å². The Balaban J connectivity index is 3.35. The van der Waals surface area contributed by atoms with Crippen LogP contribution in [0.2, 0.25) is 0 Å². The Kier molecular flexibility index (Phi) is 2.72. The minimum atomic E-state index is 0.979. The number of hydrogen-bond acceptors (Lipinski definition) is 3. The molecule has 1 aromatic rings. The van der Waals surface area contributed by atoms with Gasteiger partial charge in [0.05, 0.1) is 0 Å². The van der Waals surface area contributed by atoms with Gasteiger partial charge in [0, 0.05) is 0 Å². The zero-order chi connectivity index (χ0) is 6.15. The summed E-state index contributed by atoms with van der Waals surface area (Å²) >= 11 is 14.0. The van der Waals surface area contributed by atoms with Crippen LogP contribution in [0, 0.1) is 3.14 Å². The van der Waals surface area contributed by atoms with Crippen LogP contribution in [0.25, 0.3) is 0 Å². The van der Waals surface area contributed by atoms with Crippen LogP contribution in [-0.2, 0) is 0 Å². The van der Waals surface area contributed by atoms with Crippen molar-refractivity contribution in [3.05, 3.63) is 3.14 Å². The molecule has 0 unspecified atom stereocenters. The first-order valence-corrected chi connectivity index (χ1v) is 5.43. The second-order valence-corrected chi connectivity index (χ2v) is 7.13. The van der Waals surface area contributed by atoms with E-state index in [2.05, 4.69) is 32.0 Å². The Morgan fingerprint density at radius 1 is 1.12 bits per heavy atom. The quantitative estimate of drug-likeness (QED) is 0.483. The third-order valence-electron chi connectivity index (χ3n) is 0.519. The molecule has 1 rings (SSSR count). The van der Waals surface area contributed by atoms with Crippen LogP contribution >= 0.6 is 34.9 Å². The van der Waals surface area contributed by atoms with Gasteiger partial charge in [0.1, 0.15) is 0 Å². The molecule has 8 heavy (non-hydrogen) atoms. The predicted molar refractivity (Wildman–Crippen MR) is 43.8 cm³/mol. The average molecular weight is 290 g/mol. The van der Waals surface area contributed by atoms with Gasteiger partial charge in [-0.3, -0.25) is 0 Å². The number of hydrogen-bond donors (Lipinski definition) is 0. The molecule has 0 fully saturated rings. The fourth-order valence-electron chi connectivity index (χ4n) is 0.256. The molecule has 1 aromatic heterocycles. The van der Waals surface area contributed by atoms with Gasteiger partial charge in [-0.2, -0.15) is 0 Å². The van der Waals surface area contributed by atoms with Crippen molar-refractivity contribution in [2.45, 2.75) is 0 Å². The molecule has 0 saturated heterocycles. The molecule has 44 valence electrons. The van der Waals surface area contributed by atoms with E-state index in [-0.39, 0.29) is 0 Å². The fourth-order valence-corrected chi connectivity index (χ4v) is 5.14. The van der Waals surface area contributed by atoms with Crippen LogP contribution < -0.4 is 7.55 Å². The molecule has 0 atom stereocenters. The SMILES string of the molecule is S=c1sc([Se-])c([Se-])s1. The van der Waals surface area contributed by atoms with Crippen LogP contribution in [0.1, 0.15) is 0 Å². The molecule has 0 aliphatic heterocycles. The van der Waals surface area contributed by atoms with Gasteiger partial charge < -0.3 is 0 Å². The zero-order valence-electron chi connectivity index (χ0n) is 3.54. The van der Waals surface area contributed by atoms with Crippen molar-refractivity contribution in [1.29, 1.82) is 0 Å². The van der Waals surface area contributed by atoms with Gasteiger partial charge in [-0.15, -0.1) is 0 Å². The van der Waals surface area contributed by atoms with E-state index < -0.39 is 0 Å². The first-order chi connectivity index (χ1) is 3.70. The van der Waals surface area contributed by atoms with Crippen molar-refractivity contribution >= 4 is 74.5 Å². The summed E-state index contributed by atoms with van der Waals surface area (Å²) in [5, 5.41) is 0. The normalized spacial score (nSPS) is 9.50. The van der Waals surface area contributed by atoms with Gasteiger partial charge >= 0.3 is 77.6 Å². The number of rotatable bonds is 0. The Morgan fingerprint density at radius 2 is 1.50 bits per heavy atom. The van der Waals surface area contributed by atoms with Gasteiger partial charge in [-0.25, -0.2) is 0 Å². The van der Waals surface area contributed by atoms with E-state index in [1.807, 2.05) is 0 Å². The topological polar surface area (TPSA) is 0 Å². The molecule has 0 N–H and O–H groups in total. The van der Waals surface area contributed by atoms with Gasteiger partial charge in [0.2, 0.25) is 0 Å². The molecule has 0 amide bonds. The van der Waals surface area contributed by atoms with Gasteiger partial charge in [0.15, 0.2) is 0 Å². The molecule has 0 spiro atoms. The third-order valence-corrected chi connectivity index (χ3v) is 5.90. The Hall–Kier alpha value is 1.31. The molecule has 0 saturated carbocycles. The summed E-state index contributed by atoms with van der Waals surface area (Å²) in [5.74, 6) is 0. The van der Waals surface area contributed by atoms with E-state index in [1.54, 1.807) is 22.7 Å². The van der Waals surface area contributed by atoms with Crippen molar-refractivity contribution in [3.8, 4) is 0 Å². The summed E-state index contributed by atoms with van der Waals surface area (Å²) in [4.78, 5) is 0. The van der Waals surface area contributed by atoms with Crippen molar-refractivity contribution in [2.24, 2.45) is 0 Å². The maximum atomic E-state index is 4.92. The molecular weight excluding hydrogens is 290 g/mol. The van der Waals surface area contributed by atoms with Crippen LogP contribution in [0.15, 0.2) is 0 Å². The van der Waals surface area contributed by atoms with Crippen molar-refractivity contribution in [1.82, 2.24) is 0 Å². The minimum absolute atomic E-state index is 0.979. The van der Waals surface area contributed by atoms with Gasteiger partial charge in [-0.05, 0) is 0 Å². The van der Waals surface area contributed by atoms with Crippen LogP contribution in [0.3, 0.4) is 0 Å². The van der Waals surface area contributed by atoms with E-state index in [0.29, 0.717) is 0 Å². The second kappa shape index (κ2) is 2.93. The first kappa shape index (κ1) is 7.42. The molecule has 0 aromatic carbocycles. The fraction of sp³-hybridized carbons (Fsp3) is 0.